The van der Waals surface area contributed by atoms with Gasteiger partial charge < -0.3 is 15.5 Å². The minimum Gasteiger partial charge on any atom is -0.504 e. The summed E-state index contributed by atoms with van der Waals surface area (Å²) in [4.78, 5) is 0. The zero-order valence-electron chi connectivity index (χ0n) is 7.54. The van der Waals surface area contributed by atoms with Gasteiger partial charge in [-0.05, 0) is 36.6 Å². The highest BCUT2D eigenvalue weighted by molar-refractivity contribution is 5.46. The zero-order valence-corrected chi connectivity index (χ0v) is 7.54. The molecule has 0 bridgehead atoms. The molecule has 13 heavy (non-hydrogen) atoms. The summed E-state index contributed by atoms with van der Waals surface area (Å²) in [6.45, 7) is 2.87. The van der Waals surface area contributed by atoms with Crippen LogP contribution >= 0.6 is 0 Å². The van der Waals surface area contributed by atoms with Crippen LogP contribution in [0, 0.1) is 0 Å². The molecule has 1 aliphatic rings. The fourth-order valence-corrected chi connectivity index (χ4v) is 1.70. The van der Waals surface area contributed by atoms with E-state index in [1.165, 1.54) is 0 Å². The van der Waals surface area contributed by atoms with Crippen LogP contribution in [-0.2, 0) is 13.0 Å². The van der Waals surface area contributed by atoms with E-state index in [-0.39, 0.29) is 11.5 Å². The lowest BCUT2D eigenvalue weighted by atomic mass is 9.96. The fraction of sp³-hybridized carbons (Fsp3) is 0.400. The van der Waals surface area contributed by atoms with Crippen molar-refractivity contribution in [3.63, 3.8) is 0 Å². The number of aromatic hydroxyl groups is 2. The standard InChI is InChI=1S/C10H13NO2/c1-6-2-7-3-9(12)10(13)4-8(7)5-11-6/h3-4,6,11-13H,2,5H2,1H3. The van der Waals surface area contributed by atoms with Crippen LogP contribution in [0.2, 0.25) is 0 Å². The Morgan fingerprint density at radius 2 is 1.85 bits per heavy atom. The summed E-state index contributed by atoms with van der Waals surface area (Å²) in [5.41, 5.74) is 2.20. The number of fused-ring (bicyclic) bond motifs is 1. The molecule has 3 nitrogen and oxygen atoms in total. The normalized spacial score (nSPS) is 21.2. The maximum absolute atomic E-state index is 9.29. The van der Waals surface area contributed by atoms with Gasteiger partial charge in [-0.1, -0.05) is 0 Å². The Kier molecular flexibility index (Phi) is 1.88. The first-order valence-corrected chi connectivity index (χ1v) is 4.44. The molecule has 2 rings (SSSR count). The van der Waals surface area contributed by atoms with Gasteiger partial charge in [0.25, 0.3) is 0 Å². The number of rotatable bonds is 0. The van der Waals surface area contributed by atoms with Gasteiger partial charge in [-0.3, -0.25) is 0 Å². The molecule has 0 saturated heterocycles. The third-order valence-corrected chi connectivity index (χ3v) is 2.46. The average molecular weight is 179 g/mol. The highest BCUT2D eigenvalue weighted by atomic mass is 16.3. The van der Waals surface area contributed by atoms with Crippen LogP contribution in [0.3, 0.4) is 0 Å². The van der Waals surface area contributed by atoms with E-state index in [0.29, 0.717) is 6.04 Å². The second kappa shape index (κ2) is 2.92. The number of benzene rings is 1. The maximum atomic E-state index is 9.29. The van der Waals surface area contributed by atoms with Gasteiger partial charge in [-0.25, -0.2) is 0 Å². The smallest absolute Gasteiger partial charge is 0.157 e. The largest absolute Gasteiger partial charge is 0.504 e. The van der Waals surface area contributed by atoms with Crippen LogP contribution in [0.5, 0.6) is 11.5 Å². The second-order valence-corrected chi connectivity index (χ2v) is 3.60. The molecule has 1 aromatic carbocycles. The highest BCUT2D eigenvalue weighted by Gasteiger charge is 2.16. The van der Waals surface area contributed by atoms with Crippen LogP contribution in [0.15, 0.2) is 12.1 Å². The van der Waals surface area contributed by atoms with Gasteiger partial charge in [-0.15, -0.1) is 0 Å². The Morgan fingerprint density at radius 1 is 1.23 bits per heavy atom. The molecule has 0 radical (unpaired) electrons. The molecule has 70 valence electrons. The number of phenols is 2. The van der Waals surface area contributed by atoms with Crippen LogP contribution in [0.25, 0.3) is 0 Å². The molecule has 1 atom stereocenters. The van der Waals surface area contributed by atoms with Gasteiger partial charge in [-0.2, -0.15) is 0 Å². The van der Waals surface area contributed by atoms with Crippen molar-refractivity contribution in [1.29, 1.82) is 0 Å². The third kappa shape index (κ3) is 1.47. The maximum Gasteiger partial charge on any atom is 0.157 e. The lowest BCUT2D eigenvalue weighted by molar-refractivity contribution is 0.399. The topological polar surface area (TPSA) is 52.5 Å². The molecule has 1 heterocycles. The van der Waals surface area contributed by atoms with Gasteiger partial charge in [0.05, 0.1) is 0 Å². The monoisotopic (exact) mass is 179 g/mol. The van der Waals surface area contributed by atoms with Crippen molar-refractivity contribution in [1.82, 2.24) is 5.32 Å². The van der Waals surface area contributed by atoms with Crippen LogP contribution in [0.4, 0.5) is 0 Å². The molecule has 3 N–H and O–H groups in total. The molecule has 0 amide bonds. The zero-order chi connectivity index (χ0) is 9.42. The Hall–Kier alpha value is -1.22. The first kappa shape index (κ1) is 8.38. The lowest BCUT2D eigenvalue weighted by Crippen LogP contribution is -2.32. The fourth-order valence-electron chi connectivity index (χ4n) is 1.70. The molecule has 1 aromatic rings. The van der Waals surface area contributed by atoms with Gasteiger partial charge in [0.2, 0.25) is 0 Å². The van der Waals surface area contributed by atoms with Crippen molar-refractivity contribution >= 4 is 0 Å². The van der Waals surface area contributed by atoms with E-state index in [1.54, 1.807) is 12.1 Å². The molecule has 0 aliphatic carbocycles. The Morgan fingerprint density at radius 3 is 2.54 bits per heavy atom. The summed E-state index contributed by atoms with van der Waals surface area (Å²) >= 11 is 0. The van der Waals surface area contributed by atoms with Crippen molar-refractivity contribution in [2.45, 2.75) is 25.9 Å². The van der Waals surface area contributed by atoms with E-state index in [2.05, 4.69) is 12.2 Å². The van der Waals surface area contributed by atoms with Crippen LogP contribution in [0.1, 0.15) is 18.1 Å². The average Bonchev–Trinajstić information content (AvgIpc) is 2.08. The first-order valence-electron chi connectivity index (χ1n) is 4.44. The van der Waals surface area contributed by atoms with Crippen LogP contribution in [-0.4, -0.2) is 16.3 Å². The summed E-state index contributed by atoms with van der Waals surface area (Å²) in [5, 5.41) is 21.8. The van der Waals surface area contributed by atoms with Gasteiger partial charge >= 0.3 is 0 Å². The molecule has 1 aliphatic heterocycles. The molecule has 1 unspecified atom stereocenters. The summed E-state index contributed by atoms with van der Waals surface area (Å²) in [5.74, 6) is -0.0528. The Balaban J connectivity index is 2.43. The minimum absolute atomic E-state index is 0.0205. The van der Waals surface area contributed by atoms with E-state index >= 15 is 0 Å². The molecule has 0 aromatic heterocycles. The molecular weight excluding hydrogens is 166 g/mol. The van der Waals surface area contributed by atoms with Crippen molar-refractivity contribution in [2.24, 2.45) is 0 Å². The summed E-state index contributed by atoms with van der Waals surface area (Å²) < 4.78 is 0. The molecule has 0 fully saturated rings. The number of nitrogens with one attached hydrogen (secondary N) is 1. The van der Waals surface area contributed by atoms with Crippen molar-refractivity contribution in [3.05, 3.63) is 23.3 Å². The predicted octanol–water partition coefficient (Wildman–Crippen LogP) is 1.13. The van der Waals surface area contributed by atoms with Gasteiger partial charge in [0.1, 0.15) is 0 Å². The van der Waals surface area contributed by atoms with Gasteiger partial charge in [0.15, 0.2) is 11.5 Å². The lowest BCUT2D eigenvalue weighted by Gasteiger charge is -2.23. The van der Waals surface area contributed by atoms with E-state index in [0.717, 1.165) is 24.1 Å². The Bertz CT molecular complexity index is 336. The predicted molar refractivity (Wildman–Crippen MR) is 49.8 cm³/mol. The minimum atomic E-state index is -0.0323. The molecule has 3 heteroatoms. The Labute approximate surface area is 77.0 Å². The SMILES string of the molecule is CC1Cc2cc(O)c(O)cc2CN1. The van der Waals surface area contributed by atoms with E-state index in [4.69, 9.17) is 0 Å². The summed E-state index contributed by atoms with van der Waals surface area (Å²) in [6.07, 6.45) is 0.906. The van der Waals surface area contributed by atoms with E-state index in [9.17, 15) is 10.2 Å². The summed E-state index contributed by atoms with van der Waals surface area (Å²) in [6, 6.07) is 3.72. The number of phenolic OH excluding ortho intramolecular Hbond substituents is 2. The molecule has 0 saturated carbocycles. The van der Waals surface area contributed by atoms with E-state index in [1.807, 2.05) is 0 Å². The summed E-state index contributed by atoms with van der Waals surface area (Å²) in [7, 11) is 0. The third-order valence-electron chi connectivity index (χ3n) is 2.46. The van der Waals surface area contributed by atoms with Crippen molar-refractivity contribution in [2.75, 3.05) is 0 Å². The van der Waals surface area contributed by atoms with Crippen molar-refractivity contribution < 1.29 is 10.2 Å². The van der Waals surface area contributed by atoms with E-state index < -0.39 is 0 Å². The molecule has 0 spiro atoms. The quantitative estimate of drug-likeness (QED) is 0.523. The van der Waals surface area contributed by atoms with Gasteiger partial charge in [0, 0.05) is 12.6 Å². The number of hydrogen-bond donors (Lipinski definition) is 3. The number of hydrogen-bond acceptors (Lipinski definition) is 3. The first-order chi connectivity index (χ1) is 6.16. The highest BCUT2D eigenvalue weighted by Crippen LogP contribution is 2.30. The van der Waals surface area contributed by atoms with Crippen molar-refractivity contribution in [3.8, 4) is 11.5 Å². The second-order valence-electron chi connectivity index (χ2n) is 3.60. The molecular formula is C10H13NO2. The van der Waals surface area contributed by atoms with Crippen LogP contribution < -0.4 is 5.32 Å².